The first-order valence-corrected chi connectivity index (χ1v) is 11.5. The Bertz CT molecular complexity index is 1690. The van der Waals surface area contributed by atoms with Gasteiger partial charge in [-0.15, -0.1) is 0 Å². The number of aromatic nitrogens is 1. The number of nitrogens with one attached hydrogen (secondary N) is 1. The van der Waals surface area contributed by atoms with Crippen molar-refractivity contribution >= 4 is 44.6 Å². The molecule has 1 aromatic heterocycles. The number of carbonyl (C=O) groups excluding carboxylic acids is 1. The third kappa shape index (κ3) is 3.91. The summed E-state index contributed by atoms with van der Waals surface area (Å²) in [7, 11) is 0. The molecule has 0 bridgehead atoms. The van der Waals surface area contributed by atoms with Crippen LogP contribution in [0.4, 0.5) is 0 Å². The Morgan fingerprint density at radius 1 is 0.686 bits per heavy atom. The average molecular weight is 452 g/mol. The lowest BCUT2D eigenvalue weighted by Crippen LogP contribution is -2.18. The van der Waals surface area contributed by atoms with Crippen LogP contribution >= 0.6 is 0 Å². The van der Waals surface area contributed by atoms with Gasteiger partial charge < -0.3 is 0 Å². The Balaban J connectivity index is 1.39. The first-order valence-electron chi connectivity index (χ1n) is 11.5. The highest BCUT2D eigenvalue weighted by atomic mass is 16.2. The minimum Gasteiger partial charge on any atom is -0.267 e. The van der Waals surface area contributed by atoms with Crippen molar-refractivity contribution in [2.24, 2.45) is 5.10 Å². The normalized spacial score (nSPS) is 11.4. The van der Waals surface area contributed by atoms with Crippen molar-refractivity contribution in [2.75, 3.05) is 0 Å². The number of fused-ring (bicyclic) bond motifs is 3. The van der Waals surface area contributed by atoms with Crippen molar-refractivity contribution in [3.8, 4) is 11.3 Å². The second-order valence-electron chi connectivity index (χ2n) is 8.37. The first kappa shape index (κ1) is 20.8. The van der Waals surface area contributed by atoms with Gasteiger partial charge in [0.15, 0.2) is 0 Å². The fourth-order valence-corrected chi connectivity index (χ4v) is 4.52. The smallest absolute Gasteiger partial charge is 0.267 e. The molecule has 166 valence electrons. The molecule has 4 heteroatoms. The Labute approximate surface area is 202 Å². The number of hydrogen-bond acceptors (Lipinski definition) is 3. The number of carbonyl (C=O) groups is 1. The second kappa shape index (κ2) is 8.84. The summed E-state index contributed by atoms with van der Waals surface area (Å²) in [5, 5.41) is 9.61. The number of nitrogens with zero attached hydrogens (tertiary/aromatic N) is 2. The van der Waals surface area contributed by atoms with E-state index in [1.165, 1.54) is 0 Å². The van der Waals surface area contributed by atoms with Crippen molar-refractivity contribution in [1.29, 1.82) is 0 Å². The highest BCUT2D eigenvalue weighted by Gasteiger charge is 2.14. The van der Waals surface area contributed by atoms with Gasteiger partial charge in [0.05, 0.1) is 23.0 Å². The molecular weight excluding hydrogens is 430 g/mol. The van der Waals surface area contributed by atoms with E-state index in [0.717, 1.165) is 49.3 Å². The molecule has 0 fully saturated rings. The summed E-state index contributed by atoms with van der Waals surface area (Å²) in [6.45, 7) is 0. The molecule has 1 amide bonds. The van der Waals surface area contributed by atoms with E-state index in [1.54, 1.807) is 6.21 Å². The van der Waals surface area contributed by atoms with Crippen LogP contribution in [0.25, 0.3) is 43.7 Å². The van der Waals surface area contributed by atoms with Gasteiger partial charge in [-0.3, -0.25) is 4.79 Å². The number of rotatable bonds is 4. The van der Waals surface area contributed by atoms with Crippen LogP contribution in [0.2, 0.25) is 0 Å². The molecule has 1 heterocycles. The van der Waals surface area contributed by atoms with Gasteiger partial charge in [0.1, 0.15) is 0 Å². The predicted molar refractivity (Wildman–Crippen MR) is 144 cm³/mol. The lowest BCUT2D eigenvalue weighted by molar-refractivity contribution is 0.0956. The van der Waals surface area contributed by atoms with E-state index in [9.17, 15) is 4.79 Å². The Morgan fingerprint density at radius 3 is 2.00 bits per heavy atom. The largest absolute Gasteiger partial charge is 0.272 e. The van der Waals surface area contributed by atoms with Crippen molar-refractivity contribution in [1.82, 2.24) is 10.4 Å². The number of benzene rings is 5. The van der Waals surface area contributed by atoms with Crippen molar-refractivity contribution in [3.05, 3.63) is 126 Å². The third-order valence-electron chi connectivity index (χ3n) is 6.20. The van der Waals surface area contributed by atoms with E-state index < -0.39 is 0 Å². The molecule has 0 aliphatic carbocycles. The zero-order chi connectivity index (χ0) is 23.6. The van der Waals surface area contributed by atoms with E-state index in [-0.39, 0.29) is 5.91 Å². The summed E-state index contributed by atoms with van der Waals surface area (Å²) >= 11 is 0. The van der Waals surface area contributed by atoms with Crippen LogP contribution in [0.1, 0.15) is 15.9 Å². The standard InChI is InChI=1S/C31H21N3O/c35-31(27-19-30(21-10-2-1-3-11-21)33-29-17-9-8-16-26(27)29)34-32-20-28-24-14-6-4-12-22(24)18-23-13-5-7-15-25(23)28/h1-20H,(H,34,35)/b32-20+. The number of pyridine rings is 1. The molecular formula is C31H21N3O. The zero-order valence-electron chi connectivity index (χ0n) is 18.8. The molecule has 0 unspecified atom stereocenters. The fourth-order valence-electron chi connectivity index (χ4n) is 4.52. The summed E-state index contributed by atoms with van der Waals surface area (Å²) in [6.07, 6.45) is 1.74. The van der Waals surface area contributed by atoms with E-state index in [2.05, 4.69) is 40.9 Å². The van der Waals surface area contributed by atoms with Crippen LogP contribution in [-0.4, -0.2) is 17.1 Å². The van der Waals surface area contributed by atoms with E-state index in [1.807, 2.05) is 84.9 Å². The quantitative estimate of drug-likeness (QED) is 0.179. The SMILES string of the molecule is O=C(N/N=C/c1c2ccccc2cc2ccccc12)c1cc(-c2ccccc2)nc2ccccc12. The molecule has 0 aliphatic heterocycles. The first-order chi connectivity index (χ1) is 17.3. The molecule has 5 aromatic carbocycles. The highest BCUT2D eigenvalue weighted by molar-refractivity contribution is 6.14. The molecule has 0 spiro atoms. The zero-order valence-corrected chi connectivity index (χ0v) is 18.8. The predicted octanol–water partition coefficient (Wildman–Crippen LogP) is 6.97. The maximum atomic E-state index is 13.3. The summed E-state index contributed by atoms with van der Waals surface area (Å²) in [6, 6.07) is 38.0. The Morgan fingerprint density at radius 2 is 1.29 bits per heavy atom. The van der Waals surface area contributed by atoms with Crippen LogP contribution in [0, 0.1) is 0 Å². The molecule has 0 atom stereocenters. The van der Waals surface area contributed by atoms with Gasteiger partial charge in [0.2, 0.25) is 0 Å². The van der Waals surface area contributed by atoms with Crippen molar-refractivity contribution in [2.45, 2.75) is 0 Å². The van der Waals surface area contributed by atoms with Crippen LogP contribution in [0.5, 0.6) is 0 Å². The highest BCUT2D eigenvalue weighted by Crippen LogP contribution is 2.28. The molecule has 1 N–H and O–H groups in total. The number of para-hydroxylation sites is 1. The topological polar surface area (TPSA) is 54.4 Å². The summed E-state index contributed by atoms with van der Waals surface area (Å²) in [5.74, 6) is -0.276. The van der Waals surface area contributed by atoms with E-state index >= 15 is 0 Å². The number of amides is 1. The molecule has 4 nitrogen and oxygen atoms in total. The van der Waals surface area contributed by atoms with Gasteiger partial charge in [0, 0.05) is 16.5 Å². The van der Waals surface area contributed by atoms with Gasteiger partial charge in [-0.05, 0) is 39.7 Å². The fraction of sp³-hybridized carbons (Fsp3) is 0. The minimum absolute atomic E-state index is 0.276. The van der Waals surface area contributed by atoms with Gasteiger partial charge in [0.25, 0.3) is 5.91 Å². The average Bonchev–Trinajstić information content (AvgIpc) is 2.92. The molecule has 0 aliphatic rings. The number of hydrazone groups is 1. The van der Waals surface area contributed by atoms with Gasteiger partial charge >= 0.3 is 0 Å². The van der Waals surface area contributed by atoms with Crippen LogP contribution in [0.15, 0.2) is 120 Å². The summed E-state index contributed by atoms with van der Waals surface area (Å²) < 4.78 is 0. The monoisotopic (exact) mass is 451 g/mol. The van der Waals surface area contributed by atoms with Gasteiger partial charge in [-0.2, -0.15) is 5.10 Å². The molecule has 6 rings (SSSR count). The molecule has 35 heavy (non-hydrogen) atoms. The Hall–Kier alpha value is -4.83. The summed E-state index contributed by atoms with van der Waals surface area (Å²) in [4.78, 5) is 18.1. The maximum absolute atomic E-state index is 13.3. The lowest BCUT2D eigenvalue weighted by atomic mass is 9.97. The van der Waals surface area contributed by atoms with Crippen molar-refractivity contribution in [3.63, 3.8) is 0 Å². The number of hydrogen-bond donors (Lipinski definition) is 1. The summed E-state index contributed by atoms with van der Waals surface area (Å²) in [5.41, 5.74) is 6.73. The van der Waals surface area contributed by atoms with Gasteiger partial charge in [-0.25, -0.2) is 10.4 Å². The van der Waals surface area contributed by atoms with Crippen LogP contribution in [-0.2, 0) is 0 Å². The van der Waals surface area contributed by atoms with E-state index in [4.69, 9.17) is 4.98 Å². The maximum Gasteiger partial charge on any atom is 0.272 e. The van der Waals surface area contributed by atoms with E-state index in [0.29, 0.717) is 5.56 Å². The van der Waals surface area contributed by atoms with Crippen LogP contribution in [0.3, 0.4) is 0 Å². The molecule has 6 aromatic rings. The molecule has 0 saturated heterocycles. The third-order valence-corrected chi connectivity index (χ3v) is 6.20. The molecule has 0 radical (unpaired) electrons. The van der Waals surface area contributed by atoms with Crippen LogP contribution < -0.4 is 5.43 Å². The second-order valence-corrected chi connectivity index (χ2v) is 8.37. The lowest BCUT2D eigenvalue weighted by Gasteiger charge is -2.10. The Kier molecular flexibility index (Phi) is 5.24. The van der Waals surface area contributed by atoms with Gasteiger partial charge in [-0.1, -0.05) is 97.1 Å². The minimum atomic E-state index is -0.276. The molecule has 0 saturated carbocycles. The van der Waals surface area contributed by atoms with Crippen molar-refractivity contribution < 1.29 is 4.79 Å².